The lowest BCUT2D eigenvalue weighted by Crippen LogP contribution is -2.52. The van der Waals surface area contributed by atoms with Gasteiger partial charge < -0.3 is 10.2 Å². The van der Waals surface area contributed by atoms with Crippen molar-refractivity contribution in [3.63, 3.8) is 0 Å². The summed E-state index contributed by atoms with van der Waals surface area (Å²) in [7, 11) is 0. The van der Waals surface area contributed by atoms with Crippen molar-refractivity contribution in [2.24, 2.45) is 0 Å². The maximum atomic E-state index is 13.8. The minimum atomic E-state index is -0.573. The van der Waals surface area contributed by atoms with Gasteiger partial charge in [-0.25, -0.2) is 0 Å². The minimum absolute atomic E-state index is 0.0298. The van der Waals surface area contributed by atoms with Crippen LogP contribution in [0.1, 0.15) is 53.5 Å². The molecule has 0 saturated heterocycles. The van der Waals surface area contributed by atoms with E-state index in [0.717, 1.165) is 53.5 Å². The Kier molecular flexibility index (Phi) is 8.36. The van der Waals surface area contributed by atoms with Gasteiger partial charge in [0, 0.05) is 19.0 Å². The number of carbonyl (C=O) groups is 2. The summed E-state index contributed by atoms with van der Waals surface area (Å²) in [6.45, 7) is 4.50. The molecule has 1 fully saturated rings. The molecule has 3 aromatic carbocycles. The summed E-state index contributed by atoms with van der Waals surface area (Å²) >= 11 is 0. The molecule has 0 radical (unpaired) electrons. The molecule has 3 aromatic rings. The summed E-state index contributed by atoms with van der Waals surface area (Å²) in [5, 5.41) is 3.27. The van der Waals surface area contributed by atoms with Gasteiger partial charge in [-0.05, 0) is 43.4 Å². The van der Waals surface area contributed by atoms with Crippen LogP contribution in [0.4, 0.5) is 0 Å². The third-order valence-electron chi connectivity index (χ3n) is 6.88. The SMILES string of the molecule is Cc1ccc(CC(=O)N(Cc2cccc(C)c2)[C@@H](Cc2ccccc2)C(=O)NC2CCCC2)cc1. The van der Waals surface area contributed by atoms with Crippen LogP contribution in [0.15, 0.2) is 78.9 Å². The highest BCUT2D eigenvalue weighted by atomic mass is 16.2. The highest BCUT2D eigenvalue weighted by molar-refractivity contribution is 5.89. The summed E-state index contributed by atoms with van der Waals surface area (Å²) in [6, 6.07) is 25.9. The van der Waals surface area contributed by atoms with Crippen molar-refractivity contribution >= 4 is 11.8 Å². The van der Waals surface area contributed by atoms with Crippen molar-refractivity contribution < 1.29 is 9.59 Å². The average Bonchev–Trinajstić information content (AvgIpc) is 3.36. The van der Waals surface area contributed by atoms with Gasteiger partial charge in [0.1, 0.15) is 6.04 Å². The first-order valence-corrected chi connectivity index (χ1v) is 12.7. The third-order valence-corrected chi connectivity index (χ3v) is 6.88. The van der Waals surface area contributed by atoms with E-state index in [1.807, 2.05) is 73.7 Å². The number of hydrogen-bond donors (Lipinski definition) is 1. The summed E-state index contributed by atoms with van der Waals surface area (Å²) < 4.78 is 0. The molecular weight excluding hydrogens is 432 g/mol. The van der Waals surface area contributed by atoms with E-state index in [1.54, 1.807) is 4.90 Å². The number of amides is 2. The molecule has 1 aliphatic rings. The van der Waals surface area contributed by atoms with Gasteiger partial charge in [-0.2, -0.15) is 0 Å². The lowest BCUT2D eigenvalue weighted by atomic mass is 10.0. The Morgan fingerprint density at radius 1 is 0.829 bits per heavy atom. The molecule has 4 heteroatoms. The summed E-state index contributed by atoms with van der Waals surface area (Å²) in [5.41, 5.74) is 5.36. The maximum Gasteiger partial charge on any atom is 0.243 e. The zero-order valence-electron chi connectivity index (χ0n) is 20.9. The van der Waals surface area contributed by atoms with E-state index < -0.39 is 6.04 Å². The fourth-order valence-electron chi connectivity index (χ4n) is 4.91. The maximum absolute atomic E-state index is 13.8. The quantitative estimate of drug-likeness (QED) is 0.448. The summed E-state index contributed by atoms with van der Waals surface area (Å²) in [5.74, 6) is -0.0801. The number of rotatable bonds is 9. The van der Waals surface area contributed by atoms with E-state index in [2.05, 4.69) is 24.4 Å². The molecule has 0 bridgehead atoms. The van der Waals surface area contributed by atoms with E-state index in [9.17, 15) is 9.59 Å². The Morgan fingerprint density at radius 3 is 2.20 bits per heavy atom. The second-order valence-corrected chi connectivity index (χ2v) is 9.87. The van der Waals surface area contributed by atoms with E-state index in [1.165, 1.54) is 0 Å². The Morgan fingerprint density at radius 2 is 1.51 bits per heavy atom. The molecule has 1 aliphatic carbocycles. The van der Waals surface area contributed by atoms with E-state index >= 15 is 0 Å². The third kappa shape index (κ3) is 7.05. The second-order valence-electron chi connectivity index (χ2n) is 9.87. The van der Waals surface area contributed by atoms with Gasteiger partial charge in [0.2, 0.25) is 11.8 Å². The highest BCUT2D eigenvalue weighted by Crippen LogP contribution is 2.21. The number of nitrogens with one attached hydrogen (secondary N) is 1. The summed E-state index contributed by atoms with van der Waals surface area (Å²) in [4.78, 5) is 29.3. The van der Waals surface area contributed by atoms with Crippen molar-refractivity contribution in [2.45, 2.75) is 71.0 Å². The molecule has 0 unspecified atom stereocenters. The van der Waals surface area contributed by atoms with Gasteiger partial charge in [0.15, 0.2) is 0 Å². The average molecular weight is 469 g/mol. The monoisotopic (exact) mass is 468 g/mol. The smallest absolute Gasteiger partial charge is 0.243 e. The Balaban J connectivity index is 1.65. The normalized spacial score (nSPS) is 14.5. The fraction of sp³-hybridized carbons (Fsp3) is 0.355. The van der Waals surface area contributed by atoms with Crippen LogP contribution in [0.5, 0.6) is 0 Å². The largest absolute Gasteiger partial charge is 0.352 e. The van der Waals surface area contributed by atoms with Gasteiger partial charge in [-0.1, -0.05) is 103 Å². The summed E-state index contributed by atoms with van der Waals surface area (Å²) in [6.07, 6.45) is 5.08. The molecule has 1 N–H and O–H groups in total. The molecule has 1 saturated carbocycles. The van der Waals surface area contributed by atoms with Crippen LogP contribution in [-0.4, -0.2) is 28.8 Å². The topological polar surface area (TPSA) is 49.4 Å². The predicted octanol–water partition coefficient (Wildman–Crippen LogP) is 5.54. The zero-order valence-corrected chi connectivity index (χ0v) is 20.9. The van der Waals surface area contributed by atoms with E-state index in [-0.39, 0.29) is 24.3 Å². The second kappa shape index (κ2) is 11.8. The Hall–Kier alpha value is -3.40. The highest BCUT2D eigenvalue weighted by Gasteiger charge is 2.32. The van der Waals surface area contributed by atoms with Crippen LogP contribution < -0.4 is 5.32 Å². The van der Waals surface area contributed by atoms with Crippen LogP contribution >= 0.6 is 0 Å². The number of carbonyl (C=O) groups excluding carboxylic acids is 2. The fourth-order valence-corrected chi connectivity index (χ4v) is 4.91. The van der Waals surface area contributed by atoms with Crippen LogP contribution in [0, 0.1) is 13.8 Å². The van der Waals surface area contributed by atoms with Crippen molar-refractivity contribution in [3.8, 4) is 0 Å². The van der Waals surface area contributed by atoms with Crippen LogP contribution in [0.2, 0.25) is 0 Å². The molecule has 35 heavy (non-hydrogen) atoms. The van der Waals surface area contributed by atoms with Gasteiger partial charge in [-0.15, -0.1) is 0 Å². The molecule has 1 atom stereocenters. The molecule has 0 aromatic heterocycles. The van der Waals surface area contributed by atoms with Gasteiger partial charge in [0.25, 0.3) is 0 Å². The Labute approximate surface area is 209 Å². The van der Waals surface area contributed by atoms with Crippen molar-refractivity contribution in [1.82, 2.24) is 10.2 Å². The van der Waals surface area contributed by atoms with Crippen molar-refractivity contribution in [3.05, 3.63) is 107 Å². The molecule has 0 aliphatic heterocycles. The number of benzene rings is 3. The lowest BCUT2D eigenvalue weighted by Gasteiger charge is -2.32. The first kappa shape index (κ1) is 24.7. The van der Waals surface area contributed by atoms with Gasteiger partial charge >= 0.3 is 0 Å². The van der Waals surface area contributed by atoms with Crippen molar-refractivity contribution in [1.29, 1.82) is 0 Å². The number of hydrogen-bond acceptors (Lipinski definition) is 2. The van der Waals surface area contributed by atoms with E-state index in [0.29, 0.717) is 13.0 Å². The number of nitrogens with zero attached hydrogens (tertiary/aromatic N) is 1. The zero-order chi connectivity index (χ0) is 24.6. The minimum Gasteiger partial charge on any atom is -0.352 e. The lowest BCUT2D eigenvalue weighted by molar-refractivity contribution is -0.141. The van der Waals surface area contributed by atoms with E-state index in [4.69, 9.17) is 0 Å². The molecule has 4 nitrogen and oxygen atoms in total. The molecular formula is C31H36N2O2. The molecule has 182 valence electrons. The Bertz CT molecular complexity index is 1120. The number of aryl methyl sites for hydroxylation is 2. The predicted molar refractivity (Wildman–Crippen MR) is 141 cm³/mol. The standard InChI is InChI=1S/C31H36N2O2/c1-23-15-17-26(18-16-23)21-30(34)33(22-27-12-8-9-24(2)19-27)29(20-25-10-4-3-5-11-25)31(35)32-28-13-6-7-14-28/h3-5,8-12,15-19,28-29H,6-7,13-14,20-22H2,1-2H3,(H,32,35)/t29-/m0/s1. The van der Waals surface area contributed by atoms with Crippen molar-refractivity contribution in [2.75, 3.05) is 0 Å². The molecule has 0 spiro atoms. The molecule has 0 heterocycles. The molecule has 2 amide bonds. The van der Waals surface area contributed by atoms with Crippen LogP contribution in [0.25, 0.3) is 0 Å². The first-order valence-electron chi connectivity index (χ1n) is 12.7. The van der Waals surface area contributed by atoms with Crippen LogP contribution in [0.3, 0.4) is 0 Å². The molecule has 4 rings (SSSR count). The van der Waals surface area contributed by atoms with Crippen LogP contribution in [-0.2, 0) is 29.0 Å². The van der Waals surface area contributed by atoms with Gasteiger partial charge in [0.05, 0.1) is 6.42 Å². The first-order chi connectivity index (χ1) is 17.0. The van der Waals surface area contributed by atoms with Gasteiger partial charge in [-0.3, -0.25) is 9.59 Å².